The highest BCUT2D eigenvalue weighted by molar-refractivity contribution is 5.50. The van der Waals surface area contributed by atoms with Crippen LogP contribution in [-0.4, -0.2) is 19.0 Å². The maximum Gasteiger partial charge on any atom is 0.195 e. The van der Waals surface area contributed by atoms with Crippen LogP contribution in [0.5, 0.6) is 0 Å². The van der Waals surface area contributed by atoms with Crippen molar-refractivity contribution in [1.29, 1.82) is 0 Å². The largest absolute Gasteiger partial charge is 0.497 e. The molecule has 2 unspecified atom stereocenters. The van der Waals surface area contributed by atoms with Crippen molar-refractivity contribution in [2.45, 2.75) is 95.8 Å². The molecule has 1 nitrogen and oxygen atoms in total. The minimum absolute atomic E-state index is 0.00324. The molecule has 31 heavy (non-hydrogen) atoms. The molecule has 0 heterocycles. The van der Waals surface area contributed by atoms with Crippen molar-refractivity contribution in [1.82, 2.24) is 0 Å². The number of allylic oxidation sites excluding steroid dienone is 4. The molecule has 0 amide bonds. The van der Waals surface area contributed by atoms with Crippen molar-refractivity contribution in [3.8, 4) is 11.8 Å². The third kappa shape index (κ3) is 8.52. The summed E-state index contributed by atoms with van der Waals surface area (Å²) in [4.78, 5) is 0. The van der Waals surface area contributed by atoms with E-state index in [0.29, 0.717) is 12.0 Å². The summed E-state index contributed by atoms with van der Waals surface area (Å²) in [6, 6.07) is 9.46. The van der Waals surface area contributed by atoms with E-state index in [1.165, 1.54) is 64.6 Å². The number of hydrogen-bond donors (Lipinski definition) is 0. The molecule has 0 bridgehead atoms. The first-order valence-corrected chi connectivity index (χ1v) is 12.0. The van der Waals surface area contributed by atoms with Crippen LogP contribution in [0.15, 0.2) is 53.8 Å². The molecule has 0 saturated carbocycles. The molecule has 0 radical (unpaired) electrons. The average Bonchev–Trinajstić information content (AvgIpc) is 2.79. The lowest BCUT2D eigenvalue weighted by Gasteiger charge is -2.30. The molecule has 0 aliphatic heterocycles. The number of benzene rings is 1. The van der Waals surface area contributed by atoms with Gasteiger partial charge in [0.1, 0.15) is 5.76 Å². The Hall–Kier alpha value is -2.08. The van der Waals surface area contributed by atoms with E-state index < -0.39 is 11.8 Å². The van der Waals surface area contributed by atoms with Crippen LogP contribution in [0.1, 0.15) is 89.5 Å². The Labute approximate surface area is 188 Å². The molecule has 2 rings (SSSR count). The highest BCUT2D eigenvalue weighted by Crippen LogP contribution is 2.37. The fourth-order valence-corrected chi connectivity index (χ4v) is 3.99. The summed E-state index contributed by atoms with van der Waals surface area (Å²) in [5, 5.41) is 0. The molecule has 0 aromatic heterocycles. The summed E-state index contributed by atoms with van der Waals surface area (Å²) in [6.07, 6.45) is 14.4. The van der Waals surface area contributed by atoms with Gasteiger partial charge in [0.05, 0.1) is 12.7 Å². The van der Waals surface area contributed by atoms with Crippen molar-refractivity contribution in [2.75, 3.05) is 7.11 Å². The van der Waals surface area contributed by atoms with E-state index in [2.05, 4.69) is 18.8 Å². The molecule has 0 fully saturated rings. The van der Waals surface area contributed by atoms with E-state index in [9.17, 15) is 4.39 Å². The first kappa shape index (κ1) is 25.2. The molecule has 1 aromatic carbocycles. The fraction of sp³-hybridized carbons (Fsp3) is 0.571. The van der Waals surface area contributed by atoms with E-state index >= 15 is 4.39 Å². The molecule has 1 aliphatic carbocycles. The zero-order chi connectivity index (χ0) is 22.4. The number of ether oxygens (including phenoxy) is 1. The molecule has 1 aliphatic rings. The van der Waals surface area contributed by atoms with Gasteiger partial charge in [-0.15, -0.1) is 0 Å². The van der Waals surface area contributed by atoms with Gasteiger partial charge in [-0.2, -0.15) is 0 Å². The first-order chi connectivity index (χ1) is 15.1. The third-order valence-corrected chi connectivity index (χ3v) is 5.94. The highest BCUT2D eigenvalue weighted by atomic mass is 19.2. The van der Waals surface area contributed by atoms with Gasteiger partial charge in [-0.25, -0.2) is 8.78 Å². The van der Waals surface area contributed by atoms with Crippen molar-refractivity contribution in [3.63, 3.8) is 0 Å². The van der Waals surface area contributed by atoms with Gasteiger partial charge in [-0.1, -0.05) is 101 Å². The normalized spacial score (nSPS) is 20.5. The van der Waals surface area contributed by atoms with Crippen molar-refractivity contribution in [2.24, 2.45) is 0 Å². The van der Waals surface area contributed by atoms with Gasteiger partial charge in [0.15, 0.2) is 11.8 Å². The Kier molecular flexibility index (Phi) is 11.4. The summed E-state index contributed by atoms with van der Waals surface area (Å²) in [5.41, 5.74) is -0.777. The Morgan fingerprint density at radius 2 is 1.45 bits per heavy atom. The Bertz CT molecular complexity index is 756. The number of hydrogen-bond acceptors (Lipinski definition) is 1. The molecule has 1 aromatic rings. The van der Waals surface area contributed by atoms with Crippen LogP contribution in [0.25, 0.3) is 0 Å². The Balaban J connectivity index is 1.75. The Morgan fingerprint density at radius 1 is 0.871 bits per heavy atom. The zero-order valence-electron chi connectivity index (χ0n) is 19.3. The second-order valence-corrected chi connectivity index (χ2v) is 8.51. The van der Waals surface area contributed by atoms with Crippen LogP contribution in [0.4, 0.5) is 8.78 Å². The molecular weight excluding hydrogens is 390 g/mol. The lowest BCUT2D eigenvalue weighted by atomic mass is 9.86. The number of halogens is 2. The monoisotopic (exact) mass is 428 g/mol. The number of alkyl halides is 2. The summed E-state index contributed by atoms with van der Waals surface area (Å²) in [7, 11) is 1.38. The van der Waals surface area contributed by atoms with Gasteiger partial charge < -0.3 is 4.74 Å². The van der Waals surface area contributed by atoms with Gasteiger partial charge in [0.25, 0.3) is 0 Å². The van der Waals surface area contributed by atoms with Crippen molar-refractivity contribution >= 4 is 0 Å². The van der Waals surface area contributed by atoms with Crippen LogP contribution in [0, 0.1) is 11.8 Å². The predicted octanol–water partition coefficient (Wildman–Crippen LogP) is 8.26. The molecule has 2 atom stereocenters. The summed E-state index contributed by atoms with van der Waals surface area (Å²) < 4.78 is 35.5. The van der Waals surface area contributed by atoms with E-state index in [0.717, 1.165) is 18.4 Å². The highest BCUT2D eigenvalue weighted by Gasteiger charge is 2.43. The lowest BCUT2D eigenvalue weighted by molar-refractivity contribution is 0.0620. The minimum Gasteiger partial charge on any atom is -0.497 e. The standard InChI is InChI=1S/C28H38F2O/c1-3-4-5-6-7-8-9-10-11-12-16-22-28(30)23-21-25(26(31-2)27(28)29)20-19-24-17-14-13-15-18-24/h13-15,17-18,21,23,27H,3-12,16,22H2,1-2H3. The van der Waals surface area contributed by atoms with Gasteiger partial charge in [0, 0.05) is 5.56 Å². The van der Waals surface area contributed by atoms with E-state index in [-0.39, 0.29) is 12.2 Å². The third-order valence-electron chi connectivity index (χ3n) is 5.94. The number of rotatable bonds is 13. The summed E-state index contributed by atoms with van der Waals surface area (Å²) in [6.45, 7) is 2.24. The maximum absolute atomic E-state index is 15.3. The van der Waals surface area contributed by atoms with Gasteiger partial charge in [-0.05, 0) is 37.1 Å². The average molecular weight is 429 g/mol. The molecule has 0 spiro atoms. The molecule has 170 valence electrons. The van der Waals surface area contributed by atoms with Crippen LogP contribution < -0.4 is 0 Å². The molecule has 0 N–H and O–H groups in total. The molecule has 0 saturated heterocycles. The second-order valence-electron chi connectivity index (χ2n) is 8.51. The van der Waals surface area contributed by atoms with Gasteiger partial charge in [-0.3, -0.25) is 0 Å². The topological polar surface area (TPSA) is 9.23 Å². The predicted molar refractivity (Wildman–Crippen MR) is 126 cm³/mol. The quantitative estimate of drug-likeness (QED) is 0.227. The van der Waals surface area contributed by atoms with E-state index in [1.54, 1.807) is 6.08 Å². The SMILES string of the molecule is CCCCCCCCCCCCCC1(F)C=CC(C#Cc2ccccc2)=C(OC)C1F. The minimum atomic E-state index is -2.01. The van der Waals surface area contributed by atoms with Crippen LogP contribution >= 0.6 is 0 Å². The molecular formula is C28H38F2O. The fourth-order valence-electron chi connectivity index (χ4n) is 3.99. The summed E-state index contributed by atoms with van der Waals surface area (Å²) in [5.74, 6) is 5.92. The zero-order valence-corrected chi connectivity index (χ0v) is 19.3. The summed E-state index contributed by atoms with van der Waals surface area (Å²) >= 11 is 0. The van der Waals surface area contributed by atoms with Crippen LogP contribution in [0.3, 0.4) is 0 Å². The van der Waals surface area contributed by atoms with Crippen molar-refractivity contribution < 1.29 is 13.5 Å². The maximum atomic E-state index is 15.3. The van der Waals surface area contributed by atoms with Crippen LogP contribution in [0.2, 0.25) is 0 Å². The Morgan fingerprint density at radius 3 is 2.03 bits per heavy atom. The van der Waals surface area contributed by atoms with E-state index in [1.807, 2.05) is 30.3 Å². The van der Waals surface area contributed by atoms with Gasteiger partial charge >= 0.3 is 0 Å². The second kappa shape index (κ2) is 14.1. The number of methoxy groups -OCH3 is 1. The van der Waals surface area contributed by atoms with Crippen molar-refractivity contribution in [3.05, 3.63) is 59.4 Å². The molecule has 3 heteroatoms. The van der Waals surface area contributed by atoms with Gasteiger partial charge in [0.2, 0.25) is 0 Å². The smallest absolute Gasteiger partial charge is 0.195 e. The van der Waals surface area contributed by atoms with E-state index in [4.69, 9.17) is 4.74 Å². The lowest BCUT2D eigenvalue weighted by Crippen LogP contribution is -2.37. The first-order valence-electron chi connectivity index (χ1n) is 12.0. The van der Waals surface area contributed by atoms with Crippen LogP contribution in [-0.2, 0) is 4.74 Å². The number of unbranched alkanes of at least 4 members (excludes halogenated alkanes) is 10.